The van der Waals surface area contributed by atoms with Crippen LogP contribution in [0.3, 0.4) is 0 Å². The standard InChI is InChI=1S/C19H23FN2O3S/c1-4-22(5-2)26(24,25)17-11-8-10-15(13-17)19(23)21(3)14-16-9-6-7-12-18(16)20/h6-13H,4-5,14H2,1-3H3. The van der Waals surface area contributed by atoms with Crippen LogP contribution in [0.1, 0.15) is 29.8 Å². The van der Waals surface area contributed by atoms with Gasteiger partial charge in [-0.1, -0.05) is 38.1 Å². The van der Waals surface area contributed by atoms with Crippen LogP contribution < -0.4 is 0 Å². The summed E-state index contributed by atoms with van der Waals surface area (Å²) in [5.74, 6) is -0.755. The molecule has 0 aromatic heterocycles. The van der Waals surface area contributed by atoms with Crippen molar-refractivity contribution in [2.75, 3.05) is 20.1 Å². The minimum absolute atomic E-state index is 0.0753. The van der Waals surface area contributed by atoms with E-state index in [-0.39, 0.29) is 28.7 Å². The molecule has 0 unspecified atom stereocenters. The SMILES string of the molecule is CCN(CC)S(=O)(=O)c1cccc(C(=O)N(C)Cc2ccccc2F)c1. The molecule has 7 heteroatoms. The predicted octanol–water partition coefficient (Wildman–Crippen LogP) is 3.13. The fraction of sp³-hybridized carbons (Fsp3) is 0.316. The Labute approximate surface area is 154 Å². The van der Waals surface area contributed by atoms with E-state index in [1.54, 1.807) is 51.2 Å². The van der Waals surface area contributed by atoms with Gasteiger partial charge in [-0.15, -0.1) is 0 Å². The fourth-order valence-electron chi connectivity index (χ4n) is 2.68. The van der Waals surface area contributed by atoms with Crippen molar-refractivity contribution in [1.29, 1.82) is 0 Å². The van der Waals surface area contributed by atoms with Crippen LogP contribution >= 0.6 is 0 Å². The number of rotatable bonds is 7. The van der Waals surface area contributed by atoms with Crippen molar-refractivity contribution in [3.63, 3.8) is 0 Å². The molecule has 0 atom stereocenters. The third kappa shape index (κ3) is 4.28. The molecule has 2 rings (SSSR count). The van der Waals surface area contributed by atoms with Gasteiger partial charge in [0, 0.05) is 37.8 Å². The van der Waals surface area contributed by atoms with Crippen LogP contribution in [0.2, 0.25) is 0 Å². The Balaban J connectivity index is 2.26. The summed E-state index contributed by atoms with van der Waals surface area (Å²) in [7, 11) is -2.09. The Morgan fingerprint density at radius 3 is 2.31 bits per heavy atom. The van der Waals surface area contributed by atoms with E-state index in [0.29, 0.717) is 18.7 Å². The Morgan fingerprint density at radius 1 is 1.04 bits per heavy atom. The molecule has 26 heavy (non-hydrogen) atoms. The highest BCUT2D eigenvalue weighted by Gasteiger charge is 2.23. The van der Waals surface area contributed by atoms with E-state index in [9.17, 15) is 17.6 Å². The van der Waals surface area contributed by atoms with Gasteiger partial charge in [0.25, 0.3) is 5.91 Å². The van der Waals surface area contributed by atoms with Crippen molar-refractivity contribution < 1.29 is 17.6 Å². The Bertz CT molecular complexity index is 880. The first-order chi connectivity index (χ1) is 12.3. The largest absolute Gasteiger partial charge is 0.337 e. The van der Waals surface area contributed by atoms with Gasteiger partial charge < -0.3 is 4.90 Å². The Morgan fingerprint density at radius 2 is 1.69 bits per heavy atom. The fourth-order valence-corrected chi connectivity index (χ4v) is 4.18. The first-order valence-electron chi connectivity index (χ1n) is 8.40. The lowest BCUT2D eigenvalue weighted by Crippen LogP contribution is -2.31. The number of carbonyl (C=O) groups excluding carboxylic acids is 1. The average molecular weight is 378 g/mol. The van der Waals surface area contributed by atoms with Crippen molar-refractivity contribution >= 4 is 15.9 Å². The Kier molecular flexibility index (Phi) is 6.50. The number of hydrogen-bond donors (Lipinski definition) is 0. The van der Waals surface area contributed by atoms with Crippen LogP contribution in [-0.4, -0.2) is 43.7 Å². The molecule has 0 aliphatic carbocycles. The van der Waals surface area contributed by atoms with Gasteiger partial charge in [-0.3, -0.25) is 4.79 Å². The minimum atomic E-state index is -3.65. The summed E-state index contributed by atoms with van der Waals surface area (Å²) in [6, 6.07) is 12.2. The number of benzene rings is 2. The zero-order chi connectivity index (χ0) is 19.3. The molecule has 5 nitrogen and oxygen atoms in total. The van der Waals surface area contributed by atoms with Crippen LogP contribution in [0.25, 0.3) is 0 Å². The number of carbonyl (C=O) groups is 1. The lowest BCUT2D eigenvalue weighted by atomic mass is 10.1. The van der Waals surface area contributed by atoms with Gasteiger partial charge in [-0.25, -0.2) is 12.8 Å². The quantitative estimate of drug-likeness (QED) is 0.744. The molecule has 0 spiro atoms. The summed E-state index contributed by atoms with van der Waals surface area (Å²) in [5, 5.41) is 0. The summed E-state index contributed by atoms with van der Waals surface area (Å²) >= 11 is 0. The van der Waals surface area contributed by atoms with Crippen molar-refractivity contribution in [3.05, 3.63) is 65.5 Å². The molecule has 2 aromatic carbocycles. The van der Waals surface area contributed by atoms with E-state index in [2.05, 4.69) is 0 Å². The second kappa shape index (κ2) is 8.42. The zero-order valence-corrected chi connectivity index (χ0v) is 16.0. The minimum Gasteiger partial charge on any atom is -0.337 e. The summed E-state index contributed by atoms with van der Waals surface area (Å²) in [5.41, 5.74) is 0.646. The highest BCUT2D eigenvalue weighted by molar-refractivity contribution is 7.89. The van der Waals surface area contributed by atoms with Gasteiger partial charge in [0.2, 0.25) is 10.0 Å². The highest BCUT2D eigenvalue weighted by Crippen LogP contribution is 2.18. The zero-order valence-electron chi connectivity index (χ0n) is 15.1. The normalized spacial score (nSPS) is 11.6. The van der Waals surface area contributed by atoms with Gasteiger partial charge in [0.1, 0.15) is 5.82 Å². The van der Waals surface area contributed by atoms with E-state index in [0.717, 1.165) is 0 Å². The molecule has 0 aliphatic rings. The second-order valence-electron chi connectivity index (χ2n) is 5.87. The molecule has 0 aliphatic heterocycles. The lowest BCUT2D eigenvalue weighted by molar-refractivity contribution is 0.0783. The summed E-state index contributed by atoms with van der Waals surface area (Å²) < 4.78 is 40.4. The molecule has 1 amide bonds. The van der Waals surface area contributed by atoms with Crippen LogP contribution in [0, 0.1) is 5.82 Å². The summed E-state index contributed by atoms with van der Waals surface area (Å²) in [4.78, 5) is 14.1. The molecule has 140 valence electrons. The van der Waals surface area contributed by atoms with Gasteiger partial charge >= 0.3 is 0 Å². The van der Waals surface area contributed by atoms with Crippen LogP contribution in [0.4, 0.5) is 4.39 Å². The highest BCUT2D eigenvalue weighted by atomic mass is 32.2. The predicted molar refractivity (Wildman–Crippen MR) is 98.7 cm³/mol. The van der Waals surface area contributed by atoms with E-state index in [1.807, 2.05) is 0 Å². The third-order valence-electron chi connectivity index (χ3n) is 4.14. The molecule has 0 bridgehead atoms. The molecule has 0 N–H and O–H groups in total. The molecule has 0 fully saturated rings. The van der Waals surface area contributed by atoms with Gasteiger partial charge in [-0.2, -0.15) is 4.31 Å². The number of hydrogen-bond acceptors (Lipinski definition) is 3. The monoisotopic (exact) mass is 378 g/mol. The van der Waals surface area contributed by atoms with Crippen LogP contribution in [-0.2, 0) is 16.6 Å². The lowest BCUT2D eigenvalue weighted by Gasteiger charge is -2.20. The van der Waals surface area contributed by atoms with E-state index < -0.39 is 10.0 Å². The molecular formula is C19H23FN2O3S. The number of amides is 1. The van der Waals surface area contributed by atoms with Gasteiger partial charge in [-0.05, 0) is 24.3 Å². The van der Waals surface area contributed by atoms with Gasteiger partial charge in [0.15, 0.2) is 0 Å². The van der Waals surface area contributed by atoms with Gasteiger partial charge in [0.05, 0.1) is 4.90 Å². The first kappa shape index (κ1) is 20.1. The number of sulfonamides is 1. The average Bonchev–Trinajstić information content (AvgIpc) is 2.64. The molecule has 2 aromatic rings. The maximum Gasteiger partial charge on any atom is 0.253 e. The van der Waals surface area contributed by atoms with Crippen molar-refractivity contribution in [2.24, 2.45) is 0 Å². The maximum absolute atomic E-state index is 13.8. The Hall–Kier alpha value is -2.25. The second-order valence-corrected chi connectivity index (χ2v) is 7.81. The maximum atomic E-state index is 13.8. The topological polar surface area (TPSA) is 57.7 Å². The van der Waals surface area contributed by atoms with Crippen molar-refractivity contribution in [1.82, 2.24) is 9.21 Å². The molecular weight excluding hydrogens is 355 g/mol. The van der Waals surface area contributed by atoms with E-state index in [1.165, 1.54) is 27.4 Å². The van der Waals surface area contributed by atoms with E-state index >= 15 is 0 Å². The summed E-state index contributed by atoms with van der Waals surface area (Å²) in [6.45, 7) is 4.32. The third-order valence-corrected chi connectivity index (χ3v) is 6.18. The smallest absolute Gasteiger partial charge is 0.253 e. The van der Waals surface area contributed by atoms with Crippen molar-refractivity contribution in [3.8, 4) is 0 Å². The molecule has 0 heterocycles. The molecule has 0 saturated heterocycles. The molecule has 0 radical (unpaired) electrons. The van der Waals surface area contributed by atoms with Crippen molar-refractivity contribution in [2.45, 2.75) is 25.3 Å². The number of halogens is 1. The van der Waals surface area contributed by atoms with Crippen LogP contribution in [0.5, 0.6) is 0 Å². The first-order valence-corrected chi connectivity index (χ1v) is 9.84. The number of nitrogens with zero attached hydrogens (tertiary/aromatic N) is 2. The van der Waals surface area contributed by atoms with E-state index in [4.69, 9.17) is 0 Å². The van der Waals surface area contributed by atoms with Crippen LogP contribution in [0.15, 0.2) is 53.4 Å². The summed E-state index contributed by atoms with van der Waals surface area (Å²) in [6.07, 6.45) is 0. The molecule has 0 saturated carbocycles.